The number of fused-ring (bicyclic) bond motifs is 11. The predicted molar refractivity (Wildman–Crippen MR) is 220 cm³/mol. The van der Waals surface area contributed by atoms with Gasteiger partial charge in [0.05, 0.1) is 9.75 Å². The van der Waals surface area contributed by atoms with E-state index in [1.807, 2.05) is 0 Å². The molecule has 298 valence electrons. The standard InChI is InChI=1S/C46H46N4O6S2/c51-35-25-11-3-4-12-26(25)36(52)33(35)47-43-49-41-39(57-43)29-19-24-22-32-30(20-23(24)21-31(29)55-45(41)15-7-1-8-16-45)40-42(46(56-32)17-9-2-10-18-46)50-44(58-40)48-34-37(53)27-13-5-6-14-28(27)38(34)54/h19-28H,1-18H2. The number of aromatic nitrogens is 2. The molecule has 12 rings (SSSR count). The molecule has 0 amide bonds. The van der Waals surface area contributed by atoms with E-state index in [9.17, 15) is 19.2 Å². The normalized spacial score (nSPS) is 32.6. The van der Waals surface area contributed by atoms with Crippen LogP contribution in [0.3, 0.4) is 0 Å². The zero-order valence-corrected chi connectivity index (χ0v) is 34.2. The second-order valence-electron chi connectivity index (χ2n) is 18.4. The first-order valence-corrected chi connectivity index (χ1v) is 23.6. The molecule has 6 saturated carbocycles. The van der Waals surface area contributed by atoms with Gasteiger partial charge < -0.3 is 9.47 Å². The molecule has 2 aromatic rings. The van der Waals surface area contributed by atoms with Gasteiger partial charge in [-0.25, -0.2) is 20.0 Å². The molecule has 4 heterocycles. The number of rotatable bonds is 2. The molecule has 10 aliphatic rings. The Morgan fingerprint density at radius 3 is 1.22 bits per heavy atom. The van der Waals surface area contributed by atoms with Crippen LogP contribution in [0.2, 0.25) is 0 Å². The Kier molecular flexibility index (Phi) is 8.12. The van der Waals surface area contributed by atoms with Crippen molar-refractivity contribution in [3.8, 4) is 0 Å². The van der Waals surface area contributed by atoms with E-state index >= 15 is 0 Å². The Morgan fingerprint density at radius 1 is 0.500 bits per heavy atom. The van der Waals surface area contributed by atoms with Gasteiger partial charge in [-0.05, 0) is 89.2 Å². The van der Waals surface area contributed by atoms with Gasteiger partial charge in [0.1, 0.15) is 22.9 Å². The number of ether oxygens (including phenoxy) is 2. The second kappa shape index (κ2) is 13.2. The van der Waals surface area contributed by atoms with Gasteiger partial charge in [-0.3, -0.25) is 19.2 Å². The minimum absolute atomic E-state index is 0.000709. The van der Waals surface area contributed by atoms with Crippen LogP contribution in [-0.4, -0.2) is 44.5 Å². The van der Waals surface area contributed by atoms with Crippen LogP contribution in [0.15, 0.2) is 45.8 Å². The van der Waals surface area contributed by atoms with Gasteiger partial charge in [-0.1, -0.05) is 73.4 Å². The highest BCUT2D eigenvalue weighted by molar-refractivity contribution is 7.17. The molecule has 2 aliphatic heterocycles. The summed E-state index contributed by atoms with van der Waals surface area (Å²) < 4.78 is 14.2. The lowest BCUT2D eigenvalue weighted by molar-refractivity contribution is -0.120. The smallest absolute Gasteiger partial charge is 0.210 e. The molecule has 12 heteroatoms. The molecule has 0 saturated heterocycles. The summed E-state index contributed by atoms with van der Waals surface area (Å²) in [6, 6.07) is 0. The average Bonchev–Trinajstić information content (AvgIpc) is 4.00. The van der Waals surface area contributed by atoms with E-state index in [1.165, 1.54) is 22.7 Å². The summed E-state index contributed by atoms with van der Waals surface area (Å²) in [4.78, 5) is 75.6. The SMILES string of the molecule is O=C1C(=Nc2nc3c(s2)C2=CC4C=C5OC6(CCCCC6)c6nc(N=C7C(=O)C8CCCCC8C7=O)sc6C5=CC4C=C2OC32CCCCC2)C(=O)C2CCCCC12. The van der Waals surface area contributed by atoms with Crippen LogP contribution >= 0.6 is 22.7 Å². The first kappa shape index (κ1) is 35.8. The third-order valence-electron chi connectivity index (χ3n) is 15.1. The molecule has 0 aromatic carbocycles. The maximum atomic E-state index is 13.5. The van der Waals surface area contributed by atoms with E-state index in [0.29, 0.717) is 10.3 Å². The van der Waals surface area contributed by atoms with Gasteiger partial charge in [0, 0.05) is 46.7 Å². The molecule has 2 spiro atoms. The van der Waals surface area contributed by atoms with E-state index in [-0.39, 0.29) is 70.1 Å². The summed E-state index contributed by atoms with van der Waals surface area (Å²) in [5.74, 6) is 0.371. The lowest BCUT2D eigenvalue weighted by Crippen LogP contribution is -2.38. The number of thiazole rings is 2. The molecule has 6 fully saturated rings. The zero-order chi connectivity index (χ0) is 38.9. The Labute approximate surface area is 345 Å². The van der Waals surface area contributed by atoms with Crippen molar-refractivity contribution < 1.29 is 28.7 Å². The molecule has 0 bridgehead atoms. The monoisotopic (exact) mass is 814 g/mol. The van der Waals surface area contributed by atoms with Crippen molar-refractivity contribution in [3.05, 3.63) is 57.0 Å². The summed E-state index contributed by atoms with van der Waals surface area (Å²) >= 11 is 2.96. The van der Waals surface area contributed by atoms with Crippen molar-refractivity contribution >= 4 is 78.6 Å². The molecule has 8 aliphatic carbocycles. The number of hydrogen-bond acceptors (Lipinski definition) is 12. The number of allylic oxidation sites excluding steroid dienone is 6. The van der Waals surface area contributed by atoms with Crippen LogP contribution in [0, 0.1) is 35.5 Å². The molecule has 0 radical (unpaired) electrons. The number of nitrogens with zero attached hydrogens (tertiary/aromatic N) is 4. The van der Waals surface area contributed by atoms with Crippen LogP contribution in [0.4, 0.5) is 10.3 Å². The summed E-state index contributed by atoms with van der Waals surface area (Å²) in [6.07, 6.45) is 25.9. The minimum Gasteiger partial charge on any atom is -0.481 e. The number of hydrogen-bond donors (Lipinski definition) is 0. The van der Waals surface area contributed by atoms with Gasteiger partial charge in [0.15, 0.2) is 45.8 Å². The van der Waals surface area contributed by atoms with E-state index in [0.717, 1.165) is 159 Å². The third-order valence-corrected chi connectivity index (χ3v) is 17.1. The number of carbonyl (C=O) groups is 4. The minimum atomic E-state index is -0.578. The number of ketones is 4. The van der Waals surface area contributed by atoms with Gasteiger partial charge >= 0.3 is 0 Å². The van der Waals surface area contributed by atoms with Crippen LogP contribution in [0.1, 0.15) is 137 Å². The van der Waals surface area contributed by atoms with Crippen LogP contribution in [0.5, 0.6) is 0 Å². The van der Waals surface area contributed by atoms with E-state index in [4.69, 9.17) is 29.4 Å². The van der Waals surface area contributed by atoms with Crippen molar-refractivity contribution in [2.75, 3.05) is 0 Å². The Balaban J connectivity index is 0.929. The van der Waals surface area contributed by atoms with Crippen molar-refractivity contribution in [1.29, 1.82) is 0 Å². The lowest BCUT2D eigenvalue weighted by Gasteiger charge is -2.45. The van der Waals surface area contributed by atoms with Crippen LogP contribution in [-0.2, 0) is 39.9 Å². The molecular formula is C46H46N4O6S2. The fourth-order valence-corrected chi connectivity index (χ4v) is 14.3. The third kappa shape index (κ3) is 5.24. The van der Waals surface area contributed by atoms with Crippen molar-refractivity contribution in [3.63, 3.8) is 0 Å². The zero-order valence-electron chi connectivity index (χ0n) is 32.6. The first-order valence-electron chi connectivity index (χ1n) is 21.9. The Morgan fingerprint density at radius 2 is 0.862 bits per heavy atom. The maximum absolute atomic E-state index is 13.5. The van der Waals surface area contributed by atoms with Gasteiger partial charge in [0.25, 0.3) is 0 Å². The number of aliphatic imine (C=N–C) groups is 2. The predicted octanol–water partition coefficient (Wildman–Crippen LogP) is 9.53. The molecule has 10 nitrogen and oxygen atoms in total. The lowest BCUT2D eigenvalue weighted by atomic mass is 9.73. The maximum Gasteiger partial charge on any atom is 0.210 e. The second-order valence-corrected chi connectivity index (χ2v) is 20.4. The van der Waals surface area contributed by atoms with Crippen molar-refractivity contribution in [2.45, 2.75) is 127 Å². The molecule has 0 N–H and O–H groups in total. The van der Waals surface area contributed by atoms with Gasteiger partial charge in [-0.2, -0.15) is 0 Å². The fraction of sp³-hybridized carbons (Fsp3) is 0.565. The first-order chi connectivity index (χ1) is 28.3. The quantitative estimate of drug-likeness (QED) is 0.292. The highest BCUT2D eigenvalue weighted by Gasteiger charge is 2.52. The van der Waals surface area contributed by atoms with Crippen LogP contribution < -0.4 is 0 Å². The van der Waals surface area contributed by atoms with Gasteiger partial charge in [-0.15, -0.1) is 0 Å². The Hall–Kier alpha value is -4.16. The highest BCUT2D eigenvalue weighted by atomic mass is 32.1. The van der Waals surface area contributed by atoms with E-state index < -0.39 is 11.2 Å². The molecule has 6 atom stereocenters. The Bertz CT molecular complexity index is 2200. The summed E-state index contributed by atoms with van der Waals surface area (Å²) in [6.45, 7) is 0. The molecule has 2 aromatic heterocycles. The topological polar surface area (TPSA) is 137 Å². The molecule has 58 heavy (non-hydrogen) atoms. The molecule has 6 unspecified atom stereocenters. The van der Waals surface area contributed by atoms with Gasteiger partial charge in [0.2, 0.25) is 10.3 Å². The van der Waals surface area contributed by atoms with Crippen molar-refractivity contribution in [2.24, 2.45) is 45.5 Å². The summed E-state index contributed by atoms with van der Waals surface area (Å²) in [5.41, 5.74) is 2.80. The highest BCUT2D eigenvalue weighted by Crippen LogP contribution is 2.59. The summed E-state index contributed by atoms with van der Waals surface area (Å²) in [5, 5.41) is 0.933. The average molecular weight is 815 g/mol. The number of carbonyl (C=O) groups excluding carboxylic acids is 4. The van der Waals surface area contributed by atoms with E-state index in [1.54, 1.807) is 0 Å². The van der Waals surface area contributed by atoms with Crippen molar-refractivity contribution in [1.82, 2.24) is 9.97 Å². The molecular weight excluding hydrogens is 769 g/mol. The summed E-state index contributed by atoms with van der Waals surface area (Å²) in [7, 11) is 0. The fourth-order valence-electron chi connectivity index (χ4n) is 12.2. The van der Waals surface area contributed by atoms with E-state index in [2.05, 4.69) is 24.3 Å². The largest absolute Gasteiger partial charge is 0.481 e. The number of Topliss-reactive ketones (excluding diaryl/α,β-unsaturated/α-hetero) is 4. The van der Waals surface area contributed by atoms with Crippen LogP contribution in [0.25, 0.3) is 11.1 Å².